The van der Waals surface area contributed by atoms with Gasteiger partial charge in [0.15, 0.2) is 5.96 Å². The molecule has 27 heavy (non-hydrogen) atoms. The van der Waals surface area contributed by atoms with Crippen LogP contribution in [0.3, 0.4) is 0 Å². The monoisotopic (exact) mass is 390 g/mol. The molecule has 0 fully saturated rings. The first kappa shape index (κ1) is 21.4. The maximum atomic E-state index is 4.75. The molecular formula is C20H34N6S. The summed E-state index contributed by atoms with van der Waals surface area (Å²) in [5.41, 5.74) is 4.91. The van der Waals surface area contributed by atoms with Gasteiger partial charge in [-0.1, -0.05) is 20.8 Å². The van der Waals surface area contributed by atoms with Crippen LogP contribution < -0.4 is 10.6 Å². The van der Waals surface area contributed by atoms with E-state index in [1.54, 1.807) is 11.3 Å². The highest BCUT2D eigenvalue weighted by Gasteiger charge is 2.17. The highest BCUT2D eigenvalue weighted by atomic mass is 32.1. The first-order chi connectivity index (χ1) is 12.6. The van der Waals surface area contributed by atoms with Crippen LogP contribution in [0.15, 0.2) is 10.4 Å². The van der Waals surface area contributed by atoms with Gasteiger partial charge in [-0.2, -0.15) is 5.10 Å². The van der Waals surface area contributed by atoms with Crippen LogP contribution in [0.5, 0.6) is 0 Å². The van der Waals surface area contributed by atoms with Crippen molar-refractivity contribution in [1.82, 2.24) is 25.4 Å². The van der Waals surface area contributed by atoms with Crippen LogP contribution in [-0.4, -0.2) is 40.4 Å². The number of nitrogens with one attached hydrogen (secondary N) is 2. The molecule has 0 aliphatic carbocycles. The number of hydrogen-bond acceptors (Lipinski definition) is 4. The SMILES string of the molecule is CN=C(NCCc1nc(C(C)(C)C)cs1)NC(C)Cc1c(C)nn(C)c1C. The van der Waals surface area contributed by atoms with E-state index in [0.29, 0.717) is 0 Å². The molecule has 0 aliphatic heterocycles. The largest absolute Gasteiger partial charge is 0.356 e. The number of hydrogen-bond donors (Lipinski definition) is 2. The van der Waals surface area contributed by atoms with Crippen LogP contribution in [0.2, 0.25) is 0 Å². The lowest BCUT2D eigenvalue weighted by atomic mass is 9.93. The molecule has 150 valence electrons. The fraction of sp³-hybridized carbons (Fsp3) is 0.650. The highest BCUT2D eigenvalue weighted by Crippen LogP contribution is 2.23. The first-order valence-corrected chi connectivity index (χ1v) is 10.4. The molecule has 2 rings (SSSR count). The summed E-state index contributed by atoms with van der Waals surface area (Å²) >= 11 is 1.74. The average Bonchev–Trinajstić information content (AvgIpc) is 3.15. The second kappa shape index (κ2) is 8.87. The minimum Gasteiger partial charge on any atom is -0.356 e. The van der Waals surface area contributed by atoms with Crippen LogP contribution in [0.25, 0.3) is 0 Å². The lowest BCUT2D eigenvalue weighted by Crippen LogP contribution is -2.43. The van der Waals surface area contributed by atoms with Crippen molar-refractivity contribution in [3.05, 3.63) is 33.0 Å². The quantitative estimate of drug-likeness (QED) is 0.587. The van der Waals surface area contributed by atoms with Crippen LogP contribution in [0, 0.1) is 13.8 Å². The maximum Gasteiger partial charge on any atom is 0.191 e. The molecule has 2 N–H and O–H groups in total. The zero-order valence-corrected chi connectivity index (χ0v) is 18.8. The van der Waals surface area contributed by atoms with Crippen LogP contribution in [-0.2, 0) is 25.3 Å². The van der Waals surface area contributed by atoms with Crippen LogP contribution in [0.1, 0.15) is 55.3 Å². The van der Waals surface area contributed by atoms with Crippen molar-refractivity contribution in [2.75, 3.05) is 13.6 Å². The molecule has 2 heterocycles. The van der Waals surface area contributed by atoms with Crippen molar-refractivity contribution < 1.29 is 0 Å². The lowest BCUT2D eigenvalue weighted by molar-refractivity contribution is 0.570. The van der Waals surface area contributed by atoms with Gasteiger partial charge in [-0.05, 0) is 32.8 Å². The van der Waals surface area contributed by atoms with Gasteiger partial charge in [0.05, 0.1) is 16.4 Å². The van der Waals surface area contributed by atoms with E-state index in [4.69, 9.17) is 4.98 Å². The van der Waals surface area contributed by atoms with Crippen molar-refractivity contribution in [3.8, 4) is 0 Å². The summed E-state index contributed by atoms with van der Waals surface area (Å²) in [7, 11) is 3.80. The molecule has 2 aromatic rings. The molecular weight excluding hydrogens is 356 g/mol. The second-order valence-corrected chi connectivity index (χ2v) is 9.09. The number of aliphatic imine (C=N–C) groups is 1. The van der Waals surface area contributed by atoms with Gasteiger partial charge in [-0.25, -0.2) is 4.98 Å². The third-order valence-electron chi connectivity index (χ3n) is 4.73. The second-order valence-electron chi connectivity index (χ2n) is 8.15. The predicted molar refractivity (Wildman–Crippen MR) is 115 cm³/mol. The molecule has 6 nitrogen and oxygen atoms in total. The molecule has 0 saturated heterocycles. The summed E-state index contributed by atoms with van der Waals surface area (Å²) in [6.45, 7) is 13.8. The summed E-state index contributed by atoms with van der Waals surface area (Å²) in [6.07, 6.45) is 1.82. The van der Waals surface area contributed by atoms with E-state index < -0.39 is 0 Å². The van der Waals surface area contributed by atoms with E-state index in [0.717, 1.165) is 36.0 Å². The van der Waals surface area contributed by atoms with Gasteiger partial charge < -0.3 is 10.6 Å². The van der Waals surface area contributed by atoms with Crippen molar-refractivity contribution in [2.24, 2.45) is 12.0 Å². The molecule has 0 radical (unpaired) electrons. The number of thiazole rings is 1. The summed E-state index contributed by atoms with van der Waals surface area (Å²) in [5.74, 6) is 0.828. The Labute approximate surface area is 167 Å². The molecule has 2 aromatic heterocycles. The third kappa shape index (κ3) is 5.79. The van der Waals surface area contributed by atoms with Crippen LogP contribution in [0.4, 0.5) is 0 Å². The molecule has 0 amide bonds. The Hall–Kier alpha value is -1.89. The van der Waals surface area contributed by atoms with Crippen molar-refractivity contribution >= 4 is 17.3 Å². The Balaban J connectivity index is 1.84. The summed E-state index contributed by atoms with van der Waals surface area (Å²) in [4.78, 5) is 9.10. The van der Waals surface area contributed by atoms with E-state index in [1.807, 2.05) is 18.8 Å². The number of guanidine groups is 1. The standard InChI is InChI=1S/C20H34N6S/c1-13(11-16-14(2)25-26(8)15(16)3)23-19(21-7)22-10-9-18-24-17(12-27-18)20(4,5)6/h12-13H,9-11H2,1-8H3,(H2,21,22,23). The van der Waals surface area contributed by atoms with Gasteiger partial charge in [0.25, 0.3) is 0 Å². The maximum absolute atomic E-state index is 4.75. The molecule has 0 aliphatic rings. The number of aromatic nitrogens is 3. The average molecular weight is 391 g/mol. The van der Waals surface area contributed by atoms with E-state index in [1.165, 1.54) is 17.0 Å². The van der Waals surface area contributed by atoms with E-state index in [9.17, 15) is 0 Å². The molecule has 7 heteroatoms. The summed E-state index contributed by atoms with van der Waals surface area (Å²) < 4.78 is 1.95. The fourth-order valence-electron chi connectivity index (χ4n) is 2.96. The Morgan fingerprint density at radius 1 is 1.33 bits per heavy atom. The number of nitrogens with zero attached hydrogens (tertiary/aromatic N) is 4. The number of rotatable bonds is 6. The highest BCUT2D eigenvalue weighted by molar-refractivity contribution is 7.09. The normalized spacial score (nSPS) is 13.7. The number of aryl methyl sites for hydroxylation is 2. The Bertz CT molecular complexity index is 781. The molecule has 1 unspecified atom stereocenters. The molecule has 0 spiro atoms. The van der Waals surface area contributed by atoms with Gasteiger partial charge in [0.1, 0.15) is 0 Å². The Kier molecular flexibility index (Phi) is 7.03. The zero-order valence-electron chi connectivity index (χ0n) is 18.0. The van der Waals surface area contributed by atoms with Crippen molar-refractivity contribution in [2.45, 2.75) is 65.8 Å². The molecule has 0 aromatic carbocycles. The van der Waals surface area contributed by atoms with Gasteiger partial charge >= 0.3 is 0 Å². The van der Waals surface area contributed by atoms with Crippen molar-refractivity contribution in [1.29, 1.82) is 0 Å². The predicted octanol–water partition coefficient (Wildman–Crippen LogP) is 3.13. The Morgan fingerprint density at radius 2 is 2.04 bits per heavy atom. The summed E-state index contributed by atoms with van der Waals surface area (Å²) in [5, 5.41) is 14.7. The van der Waals surface area contributed by atoms with E-state index >= 15 is 0 Å². The topological polar surface area (TPSA) is 67.1 Å². The van der Waals surface area contributed by atoms with E-state index in [-0.39, 0.29) is 11.5 Å². The zero-order chi connectivity index (χ0) is 20.2. The molecule has 1 atom stereocenters. The minimum atomic E-state index is 0.109. The van der Waals surface area contributed by atoms with Crippen molar-refractivity contribution in [3.63, 3.8) is 0 Å². The van der Waals surface area contributed by atoms with E-state index in [2.05, 4.69) is 67.6 Å². The van der Waals surface area contributed by atoms with Gasteiger partial charge in [0, 0.05) is 49.6 Å². The Morgan fingerprint density at radius 3 is 2.56 bits per heavy atom. The fourth-order valence-corrected chi connectivity index (χ4v) is 3.98. The lowest BCUT2D eigenvalue weighted by Gasteiger charge is -2.18. The first-order valence-electron chi connectivity index (χ1n) is 9.53. The summed E-state index contributed by atoms with van der Waals surface area (Å²) in [6, 6.07) is 0.269. The van der Waals surface area contributed by atoms with Crippen LogP contribution >= 0.6 is 11.3 Å². The van der Waals surface area contributed by atoms with Gasteiger partial charge in [0.2, 0.25) is 0 Å². The van der Waals surface area contributed by atoms with Gasteiger partial charge in [-0.15, -0.1) is 11.3 Å². The molecule has 0 saturated carbocycles. The molecule has 0 bridgehead atoms. The third-order valence-corrected chi connectivity index (χ3v) is 5.64. The minimum absolute atomic E-state index is 0.109. The smallest absolute Gasteiger partial charge is 0.191 e. The van der Waals surface area contributed by atoms with Gasteiger partial charge in [-0.3, -0.25) is 9.67 Å².